The van der Waals surface area contributed by atoms with Gasteiger partial charge >= 0.3 is 0 Å². The molecule has 0 aliphatic heterocycles. The van der Waals surface area contributed by atoms with Crippen molar-refractivity contribution in [1.29, 1.82) is 0 Å². The highest BCUT2D eigenvalue weighted by Gasteiger charge is 2.19. The van der Waals surface area contributed by atoms with Gasteiger partial charge in [-0.3, -0.25) is 14.4 Å². The van der Waals surface area contributed by atoms with Gasteiger partial charge in [0.2, 0.25) is 5.91 Å². The van der Waals surface area contributed by atoms with Crippen molar-refractivity contribution in [2.45, 2.75) is 17.1 Å². The van der Waals surface area contributed by atoms with Gasteiger partial charge in [-0.25, -0.2) is 4.98 Å². The fourth-order valence-electron chi connectivity index (χ4n) is 4.28. The molecule has 1 unspecified atom stereocenters. The van der Waals surface area contributed by atoms with Crippen molar-refractivity contribution in [3.8, 4) is 17.0 Å². The molecule has 0 spiro atoms. The van der Waals surface area contributed by atoms with Gasteiger partial charge in [0.1, 0.15) is 11.4 Å². The highest BCUT2D eigenvalue weighted by Crippen LogP contribution is 2.32. The van der Waals surface area contributed by atoms with Crippen LogP contribution < -0.4 is 20.7 Å². The van der Waals surface area contributed by atoms with E-state index in [1.54, 1.807) is 62.6 Å². The second-order valence-corrected chi connectivity index (χ2v) is 12.0. The Hall–Kier alpha value is -5.19. The molecule has 0 aliphatic carbocycles. The largest absolute Gasteiger partial charge is 0.496 e. The summed E-state index contributed by atoms with van der Waals surface area (Å²) >= 11 is 2.69. The van der Waals surface area contributed by atoms with Crippen LogP contribution in [0.3, 0.4) is 0 Å². The number of hydrogen-bond donors (Lipinski definition) is 3. The number of nitrogens with one attached hydrogen (secondary N) is 3. The number of carbonyl (C=O) groups excluding carboxylic acids is 3. The zero-order valence-corrected chi connectivity index (χ0v) is 26.2. The Balaban J connectivity index is 1.24. The van der Waals surface area contributed by atoms with E-state index in [0.717, 1.165) is 21.7 Å². The van der Waals surface area contributed by atoms with E-state index in [9.17, 15) is 14.4 Å². The molecule has 0 saturated carbocycles. The van der Waals surface area contributed by atoms with Gasteiger partial charge in [-0.15, -0.1) is 23.1 Å². The maximum Gasteiger partial charge on any atom is 0.272 e. The summed E-state index contributed by atoms with van der Waals surface area (Å²) < 4.78 is 5.43. The molecule has 10 heteroatoms. The van der Waals surface area contributed by atoms with Crippen molar-refractivity contribution < 1.29 is 19.1 Å². The number of ether oxygens (including phenoxy) is 1. The molecule has 45 heavy (non-hydrogen) atoms. The smallest absolute Gasteiger partial charge is 0.272 e. The van der Waals surface area contributed by atoms with Crippen molar-refractivity contribution in [2.24, 2.45) is 0 Å². The maximum absolute atomic E-state index is 13.4. The first-order chi connectivity index (χ1) is 21.9. The molecule has 5 aromatic rings. The number of hydrogen-bond acceptors (Lipinski definition) is 7. The number of thioether (sulfide) groups is 1. The van der Waals surface area contributed by atoms with Crippen molar-refractivity contribution >= 4 is 57.7 Å². The first kappa shape index (κ1) is 31.2. The van der Waals surface area contributed by atoms with Crippen molar-refractivity contribution in [1.82, 2.24) is 10.3 Å². The molecule has 0 saturated heterocycles. The molecule has 3 amide bonds. The number of nitrogens with zero attached hydrogens (tertiary/aromatic N) is 1. The van der Waals surface area contributed by atoms with Gasteiger partial charge in [0, 0.05) is 27.1 Å². The number of rotatable bonds is 11. The van der Waals surface area contributed by atoms with Crippen molar-refractivity contribution in [3.63, 3.8) is 0 Å². The van der Waals surface area contributed by atoms with E-state index in [-0.39, 0.29) is 11.6 Å². The number of methoxy groups -OCH3 is 1. The molecule has 0 radical (unpaired) electrons. The number of thiazole rings is 1. The second-order valence-electron chi connectivity index (χ2n) is 9.76. The maximum atomic E-state index is 13.4. The Labute approximate surface area is 269 Å². The third-order valence-corrected chi connectivity index (χ3v) is 8.38. The number of carbonyl (C=O) groups is 3. The molecule has 3 N–H and O–H groups in total. The molecule has 5 rings (SSSR count). The van der Waals surface area contributed by atoms with Crippen LogP contribution in [0.4, 0.5) is 10.8 Å². The highest BCUT2D eigenvalue weighted by atomic mass is 32.2. The fourth-order valence-corrected chi connectivity index (χ4v) is 5.92. The fraction of sp³-hybridized carbons (Fsp3) is 0.0857. The van der Waals surface area contributed by atoms with Crippen LogP contribution in [0.1, 0.15) is 22.8 Å². The summed E-state index contributed by atoms with van der Waals surface area (Å²) in [6, 6.07) is 32.7. The SMILES string of the molecule is COc1ccccc1-c1csc(NC(=O)C(C)Sc2cccc(NC(=O)/C(=C/c3ccccc3)NC(=O)c3ccccc3)c2)n1. The Bertz CT molecular complexity index is 1820. The highest BCUT2D eigenvalue weighted by molar-refractivity contribution is 8.00. The van der Waals surface area contributed by atoms with Crippen LogP contribution in [0.5, 0.6) is 5.75 Å². The molecule has 0 fully saturated rings. The second kappa shape index (κ2) is 15.0. The molecule has 1 atom stereocenters. The van der Waals surface area contributed by atoms with Gasteiger partial charge in [-0.1, -0.05) is 66.7 Å². The average Bonchev–Trinajstić information content (AvgIpc) is 3.53. The minimum atomic E-state index is -0.481. The van der Waals surface area contributed by atoms with Gasteiger partial charge in [0.05, 0.1) is 18.1 Å². The molecule has 4 aromatic carbocycles. The zero-order valence-electron chi connectivity index (χ0n) is 24.5. The number of anilines is 2. The molecule has 0 bridgehead atoms. The molecule has 226 valence electrons. The standard InChI is InChI=1S/C35H30N4O4S2/c1-23(32(40)39-35-38-30(22-44-35)28-18-9-10-19-31(28)43-2)45-27-17-11-16-26(21-27)36-34(42)29(20-24-12-5-3-6-13-24)37-33(41)25-14-7-4-8-15-25/h3-23H,1-2H3,(H,36,42)(H,37,41)(H,38,39,40)/b29-20-. The molecular weight excluding hydrogens is 605 g/mol. The molecular formula is C35H30N4O4S2. The molecule has 1 aromatic heterocycles. The lowest BCUT2D eigenvalue weighted by Crippen LogP contribution is -2.30. The van der Waals surface area contributed by atoms with Gasteiger partial charge < -0.3 is 20.7 Å². The van der Waals surface area contributed by atoms with Crippen molar-refractivity contribution in [2.75, 3.05) is 17.7 Å². The van der Waals surface area contributed by atoms with E-state index in [0.29, 0.717) is 22.1 Å². The van der Waals surface area contributed by atoms with Gasteiger partial charge in [-0.05, 0) is 61.0 Å². The average molecular weight is 635 g/mol. The van der Waals surface area contributed by atoms with Gasteiger partial charge in [0.15, 0.2) is 5.13 Å². The van der Waals surface area contributed by atoms with Crippen LogP contribution in [0, 0.1) is 0 Å². The van der Waals surface area contributed by atoms with Gasteiger partial charge in [0.25, 0.3) is 11.8 Å². The first-order valence-electron chi connectivity index (χ1n) is 14.0. The van der Waals surface area contributed by atoms with E-state index < -0.39 is 17.1 Å². The third-order valence-electron chi connectivity index (χ3n) is 6.53. The molecule has 1 heterocycles. The van der Waals surface area contributed by atoms with Crippen LogP contribution in [0.25, 0.3) is 17.3 Å². The Morgan fingerprint density at radius 2 is 1.58 bits per heavy atom. The lowest BCUT2D eigenvalue weighted by Gasteiger charge is -2.13. The minimum absolute atomic E-state index is 0.0943. The molecule has 8 nitrogen and oxygen atoms in total. The van der Waals surface area contributed by atoms with Crippen LogP contribution in [-0.4, -0.2) is 35.1 Å². The monoisotopic (exact) mass is 634 g/mol. The van der Waals surface area contributed by atoms with Crippen LogP contribution in [0.2, 0.25) is 0 Å². The number of para-hydroxylation sites is 1. The predicted octanol–water partition coefficient (Wildman–Crippen LogP) is 7.35. The van der Waals surface area contributed by atoms with E-state index in [1.807, 2.05) is 72.1 Å². The van der Waals surface area contributed by atoms with Crippen LogP contribution in [0.15, 0.2) is 125 Å². The quantitative estimate of drug-likeness (QED) is 0.104. The summed E-state index contributed by atoms with van der Waals surface area (Å²) in [5.74, 6) is -0.372. The number of amides is 3. The lowest BCUT2D eigenvalue weighted by molar-refractivity contribution is -0.115. The van der Waals surface area contributed by atoms with Crippen LogP contribution >= 0.6 is 23.1 Å². The topological polar surface area (TPSA) is 109 Å². The predicted molar refractivity (Wildman–Crippen MR) is 181 cm³/mol. The van der Waals surface area contributed by atoms with Crippen molar-refractivity contribution in [3.05, 3.63) is 131 Å². The Kier molecular flexibility index (Phi) is 10.4. The van der Waals surface area contributed by atoms with E-state index >= 15 is 0 Å². The van der Waals surface area contributed by atoms with E-state index in [2.05, 4.69) is 20.9 Å². The third kappa shape index (κ3) is 8.47. The molecule has 0 aliphatic rings. The first-order valence-corrected chi connectivity index (χ1v) is 15.8. The summed E-state index contributed by atoms with van der Waals surface area (Å²) in [6.45, 7) is 1.81. The van der Waals surface area contributed by atoms with Gasteiger partial charge in [-0.2, -0.15) is 0 Å². The zero-order chi connectivity index (χ0) is 31.6. The normalized spacial score (nSPS) is 11.7. The van der Waals surface area contributed by atoms with E-state index in [1.165, 1.54) is 23.1 Å². The lowest BCUT2D eigenvalue weighted by atomic mass is 10.1. The summed E-state index contributed by atoms with van der Waals surface area (Å²) in [6.07, 6.45) is 1.62. The Morgan fingerprint density at radius 1 is 0.867 bits per heavy atom. The van der Waals surface area contributed by atoms with Crippen LogP contribution in [-0.2, 0) is 9.59 Å². The number of benzene rings is 4. The minimum Gasteiger partial charge on any atom is -0.496 e. The number of aromatic nitrogens is 1. The van der Waals surface area contributed by atoms with E-state index in [4.69, 9.17) is 4.74 Å². The Morgan fingerprint density at radius 3 is 2.33 bits per heavy atom. The summed E-state index contributed by atoms with van der Waals surface area (Å²) in [4.78, 5) is 44.7. The summed E-state index contributed by atoms with van der Waals surface area (Å²) in [5.41, 5.74) is 3.37. The summed E-state index contributed by atoms with van der Waals surface area (Å²) in [5, 5.41) is 10.4. The summed E-state index contributed by atoms with van der Waals surface area (Å²) in [7, 11) is 1.61.